The number of sulfonamides is 1. The van der Waals surface area contributed by atoms with Crippen LogP contribution in [0.4, 0.5) is 14.5 Å². The minimum Gasteiger partial charge on any atom is -0.367 e. The number of fused-ring (bicyclic) bond motifs is 1. The summed E-state index contributed by atoms with van der Waals surface area (Å²) in [4.78, 5) is 16.6. The molecular weight excluding hydrogens is 472 g/mol. The number of anilines is 1. The number of carbonyl (C=O) groups is 1. The fourth-order valence-electron chi connectivity index (χ4n) is 4.63. The SMILES string of the molecule is O=C(c1ccc(N2CCc3ccccc3C2)cc1)N1CCN(S(=O)(=O)c2ccc(F)c(F)c2)CC1. The summed E-state index contributed by atoms with van der Waals surface area (Å²) in [6, 6.07) is 18.5. The minimum atomic E-state index is -3.97. The van der Waals surface area contributed by atoms with Crippen molar-refractivity contribution < 1.29 is 22.0 Å². The molecule has 0 atom stereocenters. The third kappa shape index (κ3) is 4.66. The van der Waals surface area contributed by atoms with Crippen LogP contribution < -0.4 is 4.90 Å². The molecule has 182 valence electrons. The van der Waals surface area contributed by atoms with Crippen molar-refractivity contribution in [2.75, 3.05) is 37.6 Å². The molecule has 6 nitrogen and oxygen atoms in total. The molecule has 9 heteroatoms. The zero-order chi connectivity index (χ0) is 24.6. The first-order chi connectivity index (χ1) is 16.8. The topological polar surface area (TPSA) is 60.9 Å². The number of carbonyl (C=O) groups excluding carboxylic acids is 1. The fraction of sp³-hybridized carbons (Fsp3) is 0.269. The molecular formula is C26H25F2N3O3S. The van der Waals surface area contributed by atoms with Gasteiger partial charge in [-0.05, 0) is 60.0 Å². The van der Waals surface area contributed by atoms with Crippen molar-refractivity contribution in [2.45, 2.75) is 17.9 Å². The molecule has 0 unspecified atom stereocenters. The molecule has 0 aliphatic carbocycles. The van der Waals surface area contributed by atoms with Crippen LogP contribution in [-0.2, 0) is 23.0 Å². The lowest BCUT2D eigenvalue weighted by Crippen LogP contribution is -2.50. The van der Waals surface area contributed by atoms with Gasteiger partial charge in [-0.15, -0.1) is 0 Å². The molecule has 1 saturated heterocycles. The number of hydrogen-bond acceptors (Lipinski definition) is 4. The highest BCUT2D eigenvalue weighted by atomic mass is 32.2. The summed E-state index contributed by atoms with van der Waals surface area (Å²) in [5.74, 6) is -2.47. The third-order valence-corrected chi connectivity index (χ3v) is 8.56. The van der Waals surface area contributed by atoms with E-state index < -0.39 is 21.7 Å². The second kappa shape index (κ2) is 9.39. The Morgan fingerprint density at radius 1 is 0.771 bits per heavy atom. The van der Waals surface area contributed by atoms with Gasteiger partial charge in [0.15, 0.2) is 11.6 Å². The highest BCUT2D eigenvalue weighted by molar-refractivity contribution is 7.89. The Morgan fingerprint density at radius 2 is 1.46 bits per heavy atom. The molecule has 35 heavy (non-hydrogen) atoms. The molecule has 1 amide bonds. The quantitative estimate of drug-likeness (QED) is 0.552. The summed E-state index contributed by atoms with van der Waals surface area (Å²) >= 11 is 0. The first kappa shape index (κ1) is 23.4. The van der Waals surface area contributed by atoms with Crippen LogP contribution in [0.1, 0.15) is 21.5 Å². The third-order valence-electron chi connectivity index (χ3n) is 6.66. The highest BCUT2D eigenvalue weighted by Gasteiger charge is 2.31. The van der Waals surface area contributed by atoms with E-state index in [9.17, 15) is 22.0 Å². The summed E-state index contributed by atoms with van der Waals surface area (Å²) in [5, 5.41) is 0. The molecule has 0 bridgehead atoms. The van der Waals surface area contributed by atoms with Gasteiger partial charge in [0.25, 0.3) is 5.91 Å². The first-order valence-electron chi connectivity index (χ1n) is 11.5. The van der Waals surface area contributed by atoms with Crippen LogP contribution in [0.2, 0.25) is 0 Å². The molecule has 0 spiro atoms. The van der Waals surface area contributed by atoms with Crippen LogP contribution >= 0.6 is 0 Å². The second-order valence-electron chi connectivity index (χ2n) is 8.76. The zero-order valence-electron chi connectivity index (χ0n) is 19.0. The monoisotopic (exact) mass is 497 g/mol. The van der Waals surface area contributed by atoms with Crippen LogP contribution in [0.3, 0.4) is 0 Å². The van der Waals surface area contributed by atoms with Gasteiger partial charge in [-0.2, -0.15) is 4.31 Å². The molecule has 2 heterocycles. The van der Waals surface area contributed by atoms with E-state index in [0.717, 1.165) is 37.3 Å². The Morgan fingerprint density at radius 3 is 2.14 bits per heavy atom. The maximum Gasteiger partial charge on any atom is 0.253 e. The van der Waals surface area contributed by atoms with E-state index in [0.29, 0.717) is 11.6 Å². The van der Waals surface area contributed by atoms with Gasteiger partial charge in [-0.1, -0.05) is 24.3 Å². The summed E-state index contributed by atoms with van der Waals surface area (Å²) in [5.41, 5.74) is 4.29. The fourth-order valence-corrected chi connectivity index (χ4v) is 6.07. The van der Waals surface area contributed by atoms with Gasteiger partial charge < -0.3 is 9.80 Å². The van der Waals surface area contributed by atoms with E-state index in [4.69, 9.17) is 0 Å². The number of benzene rings is 3. The smallest absolute Gasteiger partial charge is 0.253 e. The summed E-state index contributed by atoms with van der Waals surface area (Å²) in [6.45, 7) is 2.34. The lowest BCUT2D eigenvalue weighted by atomic mass is 9.99. The first-order valence-corrected chi connectivity index (χ1v) is 12.9. The largest absolute Gasteiger partial charge is 0.367 e. The van der Waals surface area contributed by atoms with Crippen LogP contribution in [0.15, 0.2) is 71.6 Å². The van der Waals surface area contributed by atoms with Crippen molar-refractivity contribution in [3.63, 3.8) is 0 Å². The average Bonchev–Trinajstić information content (AvgIpc) is 2.89. The van der Waals surface area contributed by atoms with Crippen molar-refractivity contribution in [1.82, 2.24) is 9.21 Å². The Bertz CT molecular complexity index is 1350. The van der Waals surface area contributed by atoms with Gasteiger partial charge in [-0.3, -0.25) is 4.79 Å². The van der Waals surface area contributed by atoms with Crippen LogP contribution in [-0.4, -0.2) is 56.3 Å². The Balaban J connectivity index is 1.21. The molecule has 5 rings (SSSR count). The Labute approximate surface area is 203 Å². The summed E-state index contributed by atoms with van der Waals surface area (Å²) in [6.07, 6.45) is 0.981. The molecule has 0 saturated carbocycles. The predicted octanol–water partition coefficient (Wildman–Crippen LogP) is 3.67. The van der Waals surface area contributed by atoms with Crippen molar-refractivity contribution in [3.8, 4) is 0 Å². The Kier molecular flexibility index (Phi) is 6.29. The molecule has 2 aliphatic rings. The lowest BCUT2D eigenvalue weighted by molar-refractivity contribution is 0.0698. The molecule has 0 N–H and O–H groups in total. The normalized spacial score (nSPS) is 16.7. The average molecular weight is 498 g/mol. The molecule has 3 aromatic carbocycles. The van der Waals surface area contributed by atoms with Gasteiger partial charge in [0.2, 0.25) is 10.0 Å². The van der Waals surface area contributed by atoms with E-state index in [2.05, 4.69) is 23.1 Å². The van der Waals surface area contributed by atoms with E-state index in [1.54, 1.807) is 4.90 Å². The second-order valence-corrected chi connectivity index (χ2v) is 10.7. The van der Waals surface area contributed by atoms with E-state index >= 15 is 0 Å². The zero-order valence-corrected chi connectivity index (χ0v) is 19.8. The highest BCUT2D eigenvalue weighted by Crippen LogP contribution is 2.25. The van der Waals surface area contributed by atoms with Gasteiger partial charge in [0.05, 0.1) is 4.90 Å². The maximum atomic E-state index is 13.5. The van der Waals surface area contributed by atoms with Crippen molar-refractivity contribution in [2.24, 2.45) is 0 Å². The standard InChI is InChI=1S/C26H25F2N3O3S/c27-24-10-9-23(17-25(24)28)35(33,34)31-15-13-29(14-16-31)26(32)20-5-7-22(8-6-20)30-12-11-19-3-1-2-4-21(19)18-30/h1-10,17H,11-16,18H2. The number of piperazine rings is 1. The molecule has 1 fully saturated rings. The number of halogens is 2. The van der Waals surface area contributed by atoms with Crippen LogP contribution in [0.5, 0.6) is 0 Å². The lowest BCUT2D eigenvalue weighted by Gasteiger charge is -2.34. The minimum absolute atomic E-state index is 0.0817. The van der Waals surface area contributed by atoms with E-state index in [1.165, 1.54) is 15.4 Å². The van der Waals surface area contributed by atoms with Crippen molar-refractivity contribution >= 4 is 21.6 Å². The molecule has 0 aromatic heterocycles. The van der Waals surface area contributed by atoms with Gasteiger partial charge >= 0.3 is 0 Å². The number of rotatable bonds is 4. The van der Waals surface area contributed by atoms with Crippen LogP contribution in [0.25, 0.3) is 0 Å². The molecule has 0 radical (unpaired) electrons. The molecule has 3 aromatic rings. The van der Waals surface area contributed by atoms with Gasteiger partial charge in [0, 0.05) is 50.5 Å². The number of nitrogens with zero attached hydrogens (tertiary/aromatic N) is 3. The number of hydrogen-bond donors (Lipinski definition) is 0. The van der Waals surface area contributed by atoms with Crippen molar-refractivity contribution in [3.05, 3.63) is 95.1 Å². The van der Waals surface area contributed by atoms with E-state index in [-0.39, 0.29) is 37.0 Å². The van der Waals surface area contributed by atoms with Crippen LogP contribution in [0, 0.1) is 11.6 Å². The van der Waals surface area contributed by atoms with Gasteiger partial charge in [-0.25, -0.2) is 17.2 Å². The summed E-state index contributed by atoms with van der Waals surface area (Å²) in [7, 11) is -3.97. The van der Waals surface area contributed by atoms with Gasteiger partial charge in [0.1, 0.15) is 0 Å². The predicted molar refractivity (Wildman–Crippen MR) is 129 cm³/mol. The van der Waals surface area contributed by atoms with E-state index in [1.807, 2.05) is 30.3 Å². The summed E-state index contributed by atoms with van der Waals surface area (Å²) < 4.78 is 53.5. The molecule has 2 aliphatic heterocycles. The number of amides is 1. The Hall–Kier alpha value is -3.30. The van der Waals surface area contributed by atoms with Crippen molar-refractivity contribution in [1.29, 1.82) is 0 Å². The maximum absolute atomic E-state index is 13.5.